The van der Waals surface area contributed by atoms with E-state index in [9.17, 15) is 0 Å². The molecule has 5 aromatic carbocycles. The van der Waals surface area contributed by atoms with E-state index in [0.29, 0.717) is 5.92 Å². The standard InChI is InChI=1S/C50H45NS/c1-8-33(34-16-10-9-11-17-34)23-22-32(2)51(36-25-28-42-39-19-12-14-20-41(39)49(5,6)50(42,7)31-36)35-24-26-40-44(30-35)48(3,4)43-29-27-38-37-18-13-15-21-45(37)52-47(38)46(40)43/h8-31,42H,1H2,2-7H3/b32-22+,33-23+. The largest absolute Gasteiger partial charge is 0.315 e. The summed E-state index contributed by atoms with van der Waals surface area (Å²) in [5, 5.41) is 2.71. The Morgan fingerprint density at radius 3 is 2.31 bits per heavy atom. The fourth-order valence-electron chi connectivity index (χ4n) is 9.48. The zero-order valence-corrected chi connectivity index (χ0v) is 31.8. The molecule has 0 fully saturated rings. The summed E-state index contributed by atoms with van der Waals surface area (Å²) in [5.41, 5.74) is 14.0. The molecule has 2 atom stereocenters. The molecule has 52 heavy (non-hydrogen) atoms. The normalized spacial score (nSPS) is 21.0. The number of anilines is 1. The number of benzene rings is 5. The molecule has 3 aliphatic carbocycles. The second-order valence-corrected chi connectivity index (χ2v) is 17.1. The Morgan fingerprint density at radius 1 is 0.750 bits per heavy atom. The third kappa shape index (κ3) is 4.60. The molecule has 0 saturated carbocycles. The van der Waals surface area contributed by atoms with E-state index in [1.54, 1.807) is 0 Å². The van der Waals surface area contributed by atoms with Gasteiger partial charge < -0.3 is 4.90 Å². The van der Waals surface area contributed by atoms with Crippen LogP contribution in [0.5, 0.6) is 0 Å². The van der Waals surface area contributed by atoms with Crippen LogP contribution < -0.4 is 4.90 Å². The van der Waals surface area contributed by atoms with Gasteiger partial charge in [0, 0.05) is 59.6 Å². The lowest BCUT2D eigenvalue weighted by Crippen LogP contribution is -2.38. The highest BCUT2D eigenvalue weighted by atomic mass is 32.1. The van der Waals surface area contributed by atoms with E-state index in [-0.39, 0.29) is 16.2 Å². The van der Waals surface area contributed by atoms with Crippen molar-refractivity contribution in [3.8, 4) is 11.1 Å². The monoisotopic (exact) mass is 691 g/mol. The van der Waals surface area contributed by atoms with Crippen LogP contribution in [-0.4, -0.2) is 0 Å². The first-order valence-corrected chi connectivity index (χ1v) is 19.3. The number of rotatable bonds is 6. The number of nitrogens with zero attached hydrogens (tertiary/aromatic N) is 1. The van der Waals surface area contributed by atoms with E-state index >= 15 is 0 Å². The van der Waals surface area contributed by atoms with E-state index < -0.39 is 0 Å². The Labute approximate surface area is 312 Å². The molecule has 0 spiro atoms. The highest BCUT2D eigenvalue weighted by molar-refractivity contribution is 7.26. The lowest BCUT2D eigenvalue weighted by molar-refractivity contribution is 0.243. The third-order valence-electron chi connectivity index (χ3n) is 12.7. The molecule has 0 amide bonds. The summed E-state index contributed by atoms with van der Waals surface area (Å²) >= 11 is 1.93. The van der Waals surface area contributed by atoms with Crippen molar-refractivity contribution in [3.63, 3.8) is 0 Å². The maximum absolute atomic E-state index is 4.17. The Bertz CT molecular complexity index is 2570. The van der Waals surface area contributed by atoms with Crippen LogP contribution in [0.3, 0.4) is 0 Å². The Hall–Kier alpha value is -5.18. The molecule has 1 nitrogen and oxygen atoms in total. The average Bonchev–Trinajstić information content (AvgIpc) is 3.70. The highest BCUT2D eigenvalue weighted by Crippen LogP contribution is 2.62. The van der Waals surface area contributed by atoms with Gasteiger partial charge in [0.15, 0.2) is 0 Å². The Kier molecular flexibility index (Phi) is 7.34. The zero-order valence-electron chi connectivity index (χ0n) is 31.0. The van der Waals surface area contributed by atoms with Crippen LogP contribution in [0.1, 0.15) is 75.3 Å². The van der Waals surface area contributed by atoms with Gasteiger partial charge in [-0.2, -0.15) is 0 Å². The van der Waals surface area contributed by atoms with E-state index in [0.717, 1.165) is 16.8 Å². The van der Waals surface area contributed by atoms with E-state index in [1.165, 1.54) is 64.9 Å². The van der Waals surface area contributed by atoms with Crippen LogP contribution in [0.4, 0.5) is 5.69 Å². The minimum atomic E-state index is -0.138. The maximum atomic E-state index is 4.17. The summed E-state index contributed by atoms with van der Waals surface area (Å²) in [6.07, 6.45) is 13.8. The summed E-state index contributed by atoms with van der Waals surface area (Å²) in [6.45, 7) is 18.5. The smallest absolute Gasteiger partial charge is 0.0461 e. The molecule has 6 aromatic rings. The minimum Gasteiger partial charge on any atom is -0.315 e. The van der Waals surface area contributed by atoms with Crippen LogP contribution in [0.25, 0.3) is 36.9 Å². The second kappa shape index (κ2) is 11.7. The first kappa shape index (κ1) is 32.7. The molecule has 2 heteroatoms. The molecule has 0 saturated heterocycles. The predicted octanol–water partition coefficient (Wildman–Crippen LogP) is 13.9. The molecule has 0 bridgehead atoms. The number of allylic oxidation sites excluding steroid dienone is 8. The molecule has 0 N–H and O–H groups in total. The van der Waals surface area contributed by atoms with Crippen molar-refractivity contribution in [2.75, 3.05) is 4.90 Å². The first-order chi connectivity index (χ1) is 25.0. The number of hydrogen-bond donors (Lipinski definition) is 0. The molecule has 1 aromatic heterocycles. The van der Waals surface area contributed by atoms with Gasteiger partial charge in [-0.1, -0.05) is 156 Å². The highest BCUT2D eigenvalue weighted by Gasteiger charge is 2.54. The van der Waals surface area contributed by atoms with E-state index in [4.69, 9.17) is 0 Å². The summed E-state index contributed by atoms with van der Waals surface area (Å²) < 4.78 is 2.75. The van der Waals surface area contributed by atoms with Gasteiger partial charge in [0.1, 0.15) is 0 Å². The quantitative estimate of drug-likeness (QED) is 0.157. The van der Waals surface area contributed by atoms with Crippen molar-refractivity contribution in [2.24, 2.45) is 5.41 Å². The molecule has 9 rings (SSSR count). The molecule has 2 unspecified atom stereocenters. The van der Waals surface area contributed by atoms with Gasteiger partial charge in [-0.25, -0.2) is 0 Å². The van der Waals surface area contributed by atoms with Crippen molar-refractivity contribution in [1.29, 1.82) is 0 Å². The van der Waals surface area contributed by atoms with Crippen LogP contribution >= 0.6 is 11.3 Å². The van der Waals surface area contributed by atoms with Crippen LogP contribution in [0.2, 0.25) is 0 Å². The van der Waals surface area contributed by atoms with Gasteiger partial charge in [0.05, 0.1) is 0 Å². The van der Waals surface area contributed by atoms with Gasteiger partial charge in [-0.05, 0) is 81.6 Å². The fraction of sp³-hybridized carbons (Fsp3) is 0.200. The summed E-state index contributed by atoms with van der Waals surface area (Å²) in [6, 6.07) is 40.4. The SMILES string of the molecule is C=C/C(=C\C=C(/C)N(C1=CC2(C)C(C=C1)c1ccccc1C2(C)C)c1ccc2c(c1)C(C)(C)c1ccc3c(sc4ccccc43)c1-2)c1ccccc1. The first-order valence-electron chi connectivity index (χ1n) is 18.5. The second-order valence-electron chi connectivity index (χ2n) is 16.1. The van der Waals surface area contributed by atoms with Crippen LogP contribution in [0.15, 0.2) is 164 Å². The van der Waals surface area contributed by atoms with Gasteiger partial charge in [0.25, 0.3) is 0 Å². The molecule has 256 valence electrons. The molecular formula is C50H45NS. The topological polar surface area (TPSA) is 3.24 Å². The van der Waals surface area contributed by atoms with Crippen LogP contribution in [0, 0.1) is 5.41 Å². The zero-order chi connectivity index (χ0) is 36.0. The van der Waals surface area contributed by atoms with Crippen LogP contribution in [-0.2, 0) is 10.8 Å². The van der Waals surface area contributed by atoms with Crippen molar-refractivity contribution in [1.82, 2.24) is 0 Å². The van der Waals surface area contributed by atoms with E-state index in [1.807, 2.05) is 17.4 Å². The lowest BCUT2D eigenvalue weighted by Gasteiger charge is -2.43. The number of thiophene rings is 1. The molecular weight excluding hydrogens is 647 g/mol. The Morgan fingerprint density at radius 2 is 1.50 bits per heavy atom. The lowest BCUT2D eigenvalue weighted by atomic mass is 9.62. The fourth-order valence-corrected chi connectivity index (χ4v) is 10.7. The van der Waals surface area contributed by atoms with Crippen molar-refractivity contribution in [2.45, 2.75) is 58.3 Å². The maximum Gasteiger partial charge on any atom is 0.0461 e. The predicted molar refractivity (Wildman–Crippen MR) is 225 cm³/mol. The summed E-state index contributed by atoms with van der Waals surface area (Å²) in [7, 11) is 0. The Balaban J connectivity index is 1.22. The molecule has 1 heterocycles. The van der Waals surface area contributed by atoms with Crippen molar-refractivity contribution in [3.05, 3.63) is 191 Å². The summed E-state index contributed by atoms with van der Waals surface area (Å²) in [5.74, 6) is 0.330. The van der Waals surface area contributed by atoms with Crippen molar-refractivity contribution >= 4 is 42.8 Å². The third-order valence-corrected chi connectivity index (χ3v) is 13.9. The molecule has 0 radical (unpaired) electrons. The van der Waals surface area contributed by atoms with Gasteiger partial charge in [-0.15, -0.1) is 11.3 Å². The van der Waals surface area contributed by atoms with Gasteiger partial charge in [-0.3, -0.25) is 0 Å². The van der Waals surface area contributed by atoms with Gasteiger partial charge in [0.2, 0.25) is 0 Å². The molecule has 3 aliphatic rings. The number of fused-ring (bicyclic) bond motifs is 10. The van der Waals surface area contributed by atoms with Crippen molar-refractivity contribution < 1.29 is 0 Å². The molecule has 0 aliphatic heterocycles. The van der Waals surface area contributed by atoms with E-state index in [2.05, 4.69) is 193 Å². The minimum absolute atomic E-state index is 0.0338. The number of hydrogen-bond acceptors (Lipinski definition) is 2. The summed E-state index contributed by atoms with van der Waals surface area (Å²) in [4.78, 5) is 2.48. The average molecular weight is 692 g/mol. The van der Waals surface area contributed by atoms with Gasteiger partial charge >= 0.3 is 0 Å².